The fourth-order valence-corrected chi connectivity index (χ4v) is 3.98. The summed E-state index contributed by atoms with van der Waals surface area (Å²) >= 11 is 0. The van der Waals surface area contributed by atoms with E-state index in [1.165, 1.54) is 6.42 Å². The Bertz CT molecular complexity index is 857. The fourth-order valence-electron chi connectivity index (χ4n) is 3.98. The van der Waals surface area contributed by atoms with Crippen molar-refractivity contribution in [2.45, 2.75) is 32.2 Å². The highest BCUT2D eigenvalue weighted by atomic mass is 16.2. The average molecular weight is 370 g/mol. The Balaban J connectivity index is 1.65. The van der Waals surface area contributed by atoms with E-state index in [1.807, 2.05) is 39.6 Å². The van der Waals surface area contributed by atoms with Crippen LogP contribution in [0.15, 0.2) is 18.3 Å². The van der Waals surface area contributed by atoms with Crippen LogP contribution in [-0.2, 0) is 4.79 Å². The first-order valence-corrected chi connectivity index (χ1v) is 9.64. The van der Waals surface area contributed by atoms with Gasteiger partial charge in [-0.15, -0.1) is 10.2 Å². The Labute approximate surface area is 158 Å². The molecule has 0 unspecified atom stereocenters. The maximum atomic E-state index is 12.9. The van der Waals surface area contributed by atoms with Crippen LogP contribution in [0.3, 0.4) is 0 Å². The highest BCUT2D eigenvalue weighted by molar-refractivity contribution is 5.94. The maximum Gasteiger partial charge on any atom is 0.255 e. The van der Waals surface area contributed by atoms with Crippen molar-refractivity contribution in [3.63, 3.8) is 0 Å². The van der Waals surface area contributed by atoms with Gasteiger partial charge in [0.25, 0.3) is 5.91 Å². The lowest BCUT2D eigenvalue weighted by Crippen LogP contribution is -2.48. The Morgan fingerprint density at radius 2 is 1.78 bits per heavy atom. The highest BCUT2D eigenvalue weighted by Crippen LogP contribution is 2.24. The van der Waals surface area contributed by atoms with Crippen molar-refractivity contribution in [2.24, 2.45) is 0 Å². The van der Waals surface area contributed by atoms with Crippen molar-refractivity contribution in [2.75, 3.05) is 39.8 Å². The van der Waals surface area contributed by atoms with E-state index in [-0.39, 0.29) is 17.9 Å². The normalized spacial score (nSPS) is 21.6. The highest BCUT2D eigenvalue weighted by Gasteiger charge is 2.30. The summed E-state index contributed by atoms with van der Waals surface area (Å²) in [6, 6.07) is 3.63. The zero-order valence-electron chi connectivity index (χ0n) is 16.0. The van der Waals surface area contributed by atoms with Crippen LogP contribution in [0, 0.1) is 0 Å². The quantitative estimate of drug-likeness (QED) is 0.794. The first-order chi connectivity index (χ1) is 13.0. The number of rotatable bonds is 2. The van der Waals surface area contributed by atoms with Crippen LogP contribution in [0.1, 0.15) is 48.4 Å². The molecular weight excluding hydrogens is 344 g/mol. The minimum atomic E-state index is -0.0435. The maximum absolute atomic E-state index is 12.9. The number of nitrogens with zero attached hydrogens (tertiary/aromatic N) is 6. The van der Waals surface area contributed by atoms with Crippen molar-refractivity contribution >= 4 is 17.5 Å². The molecule has 27 heavy (non-hydrogen) atoms. The molecule has 2 aromatic rings. The first kappa shape index (κ1) is 17.9. The number of pyridine rings is 1. The number of piperazine rings is 1. The number of hydrogen-bond acceptors (Lipinski definition) is 5. The van der Waals surface area contributed by atoms with Crippen molar-refractivity contribution in [3.8, 4) is 0 Å². The summed E-state index contributed by atoms with van der Waals surface area (Å²) in [7, 11) is 2.03. The largest absolute Gasteiger partial charge is 0.340 e. The van der Waals surface area contributed by atoms with Gasteiger partial charge in [0.2, 0.25) is 5.91 Å². The number of likely N-dealkylation sites (N-methyl/N-ethyl adjacent to an activating group) is 1. The van der Waals surface area contributed by atoms with E-state index in [1.54, 1.807) is 6.92 Å². The second-order valence-electron chi connectivity index (χ2n) is 7.52. The fraction of sp³-hybridized carbons (Fsp3) is 0.579. The van der Waals surface area contributed by atoms with Crippen LogP contribution in [0.25, 0.3) is 5.65 Å². The number of aromatic nitrogens is 3. The van der Waals surface area contributed by atoms with Gasteiger partial charge in [-0.1, -0.05) is 0 Å². The van der Waals surface area contributed by atoms with Gasteiger partial charge in [-0.25, -0.2) is 0 Å². The number of piperidine rings is 1. The smallest absolute Gasteiger partial charge is 0.255 e. The van der Waals surface area contributed by atoms with Gasteiger partial charge in [-0.3, -0.25) is 18.9 Å². The summed E-state index contributed by atoms with van der Waals surface area (Å²) in [4.78, 5) is 30.6. The SMILES string of the molecule is CC(=O)N1CCN(C)[C@@H](c2nnc3ccc(C(=O)N4CCCCC4)cn23)C1. The third-order valence-corrected chi connectivity index (χ3v) is 5.71. The van der Waals surface area contributed by atoms with Gasteiger partial charge in [0.15, 0.2) is 11.5 Å². The molecule has 0 saturated carbocycles. The van der Waals surface area contributed by atoms with Crippen molar-refractivity contribution in [1.29, 1.82) is 0 Å². The third-order valence-electron chi connectivity index (χ3n) is 5.71. The Hall–Kier alpha value is -2.48. The average Bonchev–Trinajstić information content (AvgIpc) is 3.11. The van der Waals surface area contributed by atoms with Crippen LogP contribution in [0.2, 0.25) is 0 Å². The number of carbonyl (C=O) groups excluding carboxylic acids is 2. The van der Waals surface area contributed by atoms with Gasteiger partial charge in [0.05, 0.1) is 11.6 Å². The predicted octanol–water partition coefficient (Wildman–Crippen LogP) is 1.19. The summed E-state index contributed by atoms with van der Waals surface area (Å²) < 4.78 is 1.90. The summed E-state index contributed by atoms with van der Waals surface area (Å²) in [6.07, 6.45) is 5.18. The monoisotopic (exact) mass is 370 g/mol. The van der Waals surface area contributed by atoms with Crippen LogP contribution < -0.4 is 0 Å². The van der Waals surface area contributed by atoms with Crippen LogP contribution in [0.4, 0.5) is 0 Å². The summed E-state index contributed by atoms with van der Waals surface area (Å²) in [5, 5.41) is 8.65. The molecule has 8 heteroatoms. The summed E-state index contributed by atoms with van der Waals surface area (Å²) in [5.74, 6) is 0.910. The molecule has 0 bridgehead atoms. The van der Waals surface area contributed by atoms with Crippen molar-refractivity contribution in [1.82, 2.24) is 29.3 Å². The lowest BCUT2D eigenvalue weighted by atomic mass is 10.1. The number of likely N-dealkylation sites (tertiary alicyclic amines) is 1. The van der Waals surface area contributed by atoms with Gasteiger partial charge >= 0.3 is 0 Å². The zero-order chi connectivity index (χ0) is 19.0. The molecule has 2 aliphatic rings. The molecule has 2 saturated heterocycles. The number of hydrogen-bond donors (Lipinski definition) is 0. The molecule has 0 aromatic carbocycles. The van der Waals surface area contributed by atoms with E-state index in [4.69, 9.17) is 0 Å². The molecular formula is C19H26N6O2. The molecule has 0 spiro atoms. The molecule has 2 fully saturated rings. The molecule has 0 N–H and O–H groups in total. The summed E-state index contributed by atoms with van der Waals surface area (Å²) in [6.45, 7) is 5.33. The molecule has 2 aromatic heterocycles. The van der Waals surface area contributed by atoms with Gasteiger partial charge in [-0.05, 0) is 38.4 Å². The first-order valence-electron chi connectivity index (χ1n) is 9.64. The van der Waals surface area contributed by atoms with Crippen LogP contribution in [0.5, 0.6) is 0 Å². The number of fused-ring (bicyclic) bond motifs is 1. The van der Waals surface area contributed by atoms with E-state index >= 15 is 0 Å². The van der Waals surface area contributed by atoms with E-state index < -0.39 is 0 Å². The Kier molecular flexibility index (Phi) is 4.82. The molecule has 0 radical (unpaired) electrons. The predicted molar refractivity (Wildman–Crippen MR) is 100 cm³/mol. The van der Waals surface area contributed by atoms with Gasteiger partial charge in [0.1, 0.15) is 0 Å². The van der Waals surface area contributed by atoms with E-state index in [2.05, 4.69) is 15.1 Å². The standard InChI is InChI=1S/C19H26N6O2/c1-14(26)24-11-10-22(2)16(13-24)18-21-20-17-7-6-15(12-25(17)18)19(27)23-8-4-3-5-9-23/h6-7,12,16H,3-5,8-11,13H2,1-2H3/t16-/m1/s1. The molecule has 144 valence electrons. The van der Waals surface area contributed by atoms with Crippen LogP contribution >= 0.6 is 0 Å². The van der Waals surface area contributed by atoms with Crippen molar-refractivity contribution < 1.29 is 9.59 Å². The minimum Gasteiger partial charge on any atom is -0.340 e. The van der Waals surface area contributed by atoms with E-state index in [0.29, 0.717) is 17.8 Å². The van der Waals surface area contributed by atoms with Crippen molar-refractivity contribution in [3.05, 3.63) is 29.7 Å². The van der Waals surface area contributed by atoms with E-state index in [0.717, 1.165) is 44.8 Å². The molecule has 8 nitrogen and oxygen atoms in total. The van der Waals surface area contributed by atoms with Gasteiger partial charge in [0, 0.05) is 45.8 Å². The van der Waals surface area contributed by atoms with E-state index in [9.17, 15) is 9.59 Å². The second kappa shape index (κ2) is 7.26. The Morgan fingerprint density at radius 3 is 2.52 bits per heavy atom. The summed E-state index contributed by atoms with van der Waals surface area (Å²) in [5.41, 5.74) is 1.38. The van der Waals surface area contributed by atoms with Gasteiger partial charge < -0.3 is 9.80 Å². The topological polar surface area (TPSA) is 74.0 Å². The molecule has 2 amide bonds. The Morgan fingerprint density at radius 1 is 1.00 bits per heavy atom. The molecule has 2 aliphatic heterocycles. The molecule has 4 rings (SSSR count). The lowest BCUT2D eigenvalue weighted by Gasteiger charge is -2.38. The zero-order valence-corrected chi connectivity index (χ0v) is 16.0. The number of carbonyl (C=O) groups is 2. The molecule has 0 aliphatic carbocycles. The minimum absolute atomic E-state index is 0.0435. The van der Waals surface area contributed by atoms with Gasteiger partial charge in [-0.2, -0.15) is 0 Å². The molecule has 4 heterocycles. The lowest BCUT2D eigenvalue weighted by molar-refractivity contribution is -0.131. The van der Waals surface area contributed by atoms with Crippen LogP contribution in [-0.4, -0.2) is 80.9 Å². The third kappa shape index (κ3) is 3.41. The molecule has 1 atom stereocenters. The number of amides is 2. The second-order valence-corrected chi connectivity index (χ2v) is 7.52.